The molecule has 2 N–H and O–H groups in total. The van der Waals surface area contributed by atoms with E-state index in [9.17, 15) is 13.5 Å². The van der Waals surface area contributed by atoms with Gasteiger partial charge < -0.3 is 9.84 Å². The lowest BCUT2D eigenvalue weighted by Crippen LogP contribution is -2.40. The lowest BCUT2D eigenvalue weighted by molar-refractivity contribution is 0.0981. The quantitative estimate of drug-likeness (QED) is 0.767. The third kappa shape index (κ3) is 3.44. The molecule has 2 rings (SSSR count). The van der Waals surface area contributed by atoms with Gasteiger partial charge in [-0.25, -0.2) is 13.1 Å². The summed E-state index contributed by atoms with van der Waals surface area (Å²) >= 11 is 0. The zero-order valence-corrected chi connectivity index (χ0v) is 11.5. The average molecular weight is 277 g/mol. The first-order valence-corrected chi connectivity index (χ1v) is 8.35. The third-order valence-corrected chi connectivity index (χ3v) is 6.12. The standard InChI is InChI=1S/C12H23NO4S/c14-9-11-3-1-2-10(11)8-13-18(15,16)12-4-6-17-7-5-12/h10-14H,1-9H2. The van der Waals surface area contributed by atoms with Crippen molar-refractivity contribution in [1.82, 2.24) is 4.72 Å². The number of hydrogen-bond donors (Lipinski definition) is 2. The van der Waals surface area contributed by atoms with Crippen molar-refractivity contribution in [2.75, 3.05) is 26.4 Å². The highest BCUT2D eigenvalue weighted by atomic mass is 32.2. The summed E-state index contributed by atoms with van der Waals surface area (Å²) in [6, 6.07) is 0. The van der Waals surface area contributed by atoms with E-state index in [0.717, 1.165) is 19.3 Å². The fraction of sp³-hybridized carbons (Fsp3) is 1.00. The van der Waals surface area contributed by atoms with Crippen LogP contribution < -0.4 is 4.72 Å². The van der Waals surface area contributed by atoms with Crippen molar-refractivity contribution >= 4 is 10.0 Å². The molecule has 0 aromatic rings. The van der Waals surface area contributed by atoms with Crippen molar-refractivity contribution in [3.63, 3.8) is 0 Å². The summed E-state index contributed by atoms with van der Waals surface area (Å²) in [4.78, 5) is 0. The second kappa shape index (κ2) is 6.32. The molecule has 0 aromatic heterocycles. The fourth-order valence-corrected chi connectivity index (χ4v) is 4.45. The number of aliphatic hydroxyl groups excluding tert-OH is 1. The molecular weight excluding hydrogens is 254 g/mol. The molecule has 6 heteroatoms. The van der Waals surface area contributed by atoms with Gasteiger partial charge >= 0.3 is 0 Å². The van der Waals surface area contributed by atoms with E-state index in [0.29, 0.717) is 38.5 Å². The highest BCUT2D eigenvalue weighted by Crippen LogP contribution is 2.31. The first-order chi connectivity index (χ1) is 8.63. The van der Waals surface area contributed by atoms with E-state index < -0.39 is 10.0 Å². The Morgan fingerprint density at radius 2 is 1.78 bits per heavy atom. The van der Waals surface area contributed by atoms with Crippen LogP contribution in [0.15, 0.2) is 0 Å². The molecule has 2 unspecified atom stereocenters. The molecule has 18 heavy (non-hydrogen) atoms. The third-order valence-electron chi connectivity index (χ3n) is 4.20. The predicted molar refractivity (Wildman–Crippen MR) is 68.7 cm³/mol. The maximum absolute atomic E-state index is 12.1. The van der Waals surface area contributed by atoms with Gasteiger partial charge in [0.2, 0.25) is 10.0 Å². The van der Waals surface area contributed by atoms with E-state index in [1.807, 2.05) is 0 Å². The Bertz CT molecular complexity index is 351. The molecule has 1 aliphatic carbocycles. The normalized spacial score (nSPS) is 30.7. The Morgan fingerprint density at radius 3 is 2.44 bits per heavy atom. The van der Waals surface area contributed by atoms with Gasteiger partial charge in [0, 0.05) is 26.4 Å². The molecule has 0 amide bonds. The first kappa shape index (κ1) is 14.2. The molecular formula is C12H23NO4S. The van der Waals surface area contributed by atoms with Gasteiger partial charge in [-0.2, -0.15) is 0 Å². The molecule has 1 aliphatic heterocycles. The van der Waals surface area contributed by atoms with Crippen LogP contribution in [0.25, 0.3) is 0 Å². The van der Waals surface area contributed by atoms with E-state index in [2.05, 4.69) is 4.72 Å². The average Bonchev–Trinajstić information content (AvgIpc) is 2.85. The number of nitrogens with one attached hydrogen (secondary N) is 1. The van der Waals surface area contributed by atoms with E-state index >= 15 is 0 Å². The molecule has 0 radical (unpaired) electrons. The van der Waals surface area contributed by atoms with Gasteiger partial charge in [0.05, 0.1) is 5.25 Å². The van der Waals surface area contributed by atoms with Crippen LogP contribution in [0, 0.1) is 11.8 Å². The summed E-state index contributed by atoms with van der Waals surface area (Å²) in [7, 11) is -3.21. The molecule has 106 valence electrons. The number of aliphatic hydroxyl groups is 1. The topological polar surface area (TPSA) is 75.6 Å². The molecule has 1 heterocycles. The van der Waals surface area contributed by atoms with E-state index in [-0.39, 0.29) is 17.8 Å². The summed E-state index contributed by atoms with van der Waals surface area (Å²) in [6.07, 6.45) is 4.30. The summed E-state index contributed by atoms with van der Waals surface area (Å²) in [5.74, 6) is 0.562. The van der Waals surface area contributed by atoms with E-state index in [4.69, 9.17) is 4.74 Å². The van der Waals surface area contributed by atoms with Crippen LogP contribution in [0.5, 0.6) is 0 Å². The van der Waals surface area contributed by atoms with Crippen molar-refractivity contribution in [3.05, 3.63) is 0 Å². The summed E-state index contributed by atoms with van der Waals surface area (Å²) in [5.41, 5.74) is 0. The molecule has 2 aliphatic rings. The van der Waals surface area contributed by atoms with Crippen molar-refractivity contribution in [3.8, 4) is 0 Å². The predicted octanol–water partition coefficient (Wildman–Crippen LogP) is 0.493. The number of hydrogen-bond acceptors (Lipinski definition) is 4. The zero-order chi connectivity index (χ0) is 13.0. The molecule has 0 aromatic carbocycles. The molecule has 5 nitrogen and oxygen atoms in total. The molecule has 2 atom stereocenters. The maximum Gasteiger partial charge on any atom is 0.214 e. The van der Waals surface area contributed by atoms with Crippen molar-refractivity contribution in [1.29, 1.82) is 0 Å². The monoisotopic (exact) mass is 277 g/mol. The Hall–Kier alpha value is -0.170. The first-order valence-electron chi connectivity index (χ1n) is 6.80. The van der Waals surface area contributed by atoms with Crippen LogP contribution in [-0.2, 0) is 14.8 Å². The molecule has 1 saturated heterocycles. The fourth-order valence-electron chi connectivity index (χ4n) is 2.95. The van der Waals surface area contributed by atoms with Crippen LogP contribution in [0.4, 0.5) is 0 Å². The van der Waals surface area contributed by atoms with E-state index in [1.54, 1.807) is 0 Å². The Morgan fingerprint density at radius 1 is 1.11 bits per heavy atom. The van der Waals surface area contributed by atoms with Crippen LogP contribution in [0.2, 0.25) is 0 Å². The Balaban J connectivity index is 1.84. The van der Waals surface area contributed by atoms with Crippen LogP contribution >= 0.6 is 0 Å². The van der Waals surface area contributed by atoms with Gasteiger partial charge in [0.15, 0.2) is 0 Å². The van der Waals surface area contributed by atoms with Gasteiger partial charge in [-0.1, -0.05) is 6.42 Å². The highest BCUT2D eigenvalue weighted by molar-refractivity contribution is 7.90. The highest BCUT2D eigenvalue weighted by Gasteiger charge is 2.31. The Kier molecular flexibility index (Phi) is 5.00. The van der Waals surface area contributed by atoms with Crippen LogP contribution in [0.1, 0.15) is 32.1 Å². The van der Waals surface area contributed by atoms with Gasteiger partial charge in [-0.05, 0) is 37.5 Å². The van der Waals surface area contributed by atoms with Gasteiger partial charge in [0.25, 0.3) is 0 Å². The number of rotatable bonds is 5. The largest absolute Gasteiger partial charge is 0.396 e. The SMILES string of the molecule is O=S(=O)(NCC1CCCC1CO)C1CCOCC1. The smallest absolute Gasteiger partial charge is 0.214 e. The van der Waals surface area contributed by atoms with E-state index in [1.165, 1.54) is 0 Å². The van der Waals surface area contributed by atoms with Gasteiger partial charge in [0.1, 0.15) is 0 Å². The number of sulfonamides is 1. The van der Waals surface area contributed by atoms with Gasteiger partial charge in [-0.15, -0.1) is 0 Å². The van der Waals surface area contributed by atoms with Crippen molar-refractivity contribution < 1.29 is 18.3 Å². The van der Waals surface area contributed by atoms with Crippen molar-refractivity contribution in [2.45, 2.75) is 37.4 Å². The minimum absolute atomic E-state index is 0.170. The summed E-state index contributed by atoms with van der Waals surface area (Å²) in [6.45, 7) is 1.72. The second-order valence-corrected chi connectivity index (χ2v) is 7.38. The van der Waals surface area contributed by atoms with Crippen molar-refractivity contribution in [2.24, 2.45) is 11.8 Å². The minimum Gasteiger partial charge on any atom is -0.396 e. The lowest BCUT2D eigenvalue weighted by atomic mass is 9.97. The molecule has 1 saturated carbocycles. The molecule has 2 fully saturated rings. The molecule has 0 spiro atoms. The molecule has 0 bridgehead atoms. The van der Waals surface area contributed by atoms with Crippen LogP contribution in [-0.4, -0.2) is 45.1 Å². The maximum atomic E-state index is 12.1. The van der Waals surface area contributed by atoms with Crippen LogP contribution in [0.3, 0.4) is 0 Å². The zero-order valence-electron chi connectivity index (χ0n) is 10.7. The summed E-state index contributed by atoms with van der Waals surface area (Å²) < 4.78 is 32.1. The summed E-state index contributed by atoms with van der Waals surface area (Å²) in [5, 5.41) is 8.92. The number of ether oxygens (including phenoxy) is 1. The second-order valence-electron chi connectivity index (χ2n) is 5.34. The Labute approximate surface area is 109 Å². The van der Waals surface area contributed by atoms with Gasteiger partial charge in [-0.3, -0.25) is 0 Å². The minimum atomic E-state index is -3.21. The lowest BCUT2D eigenvalue weighted by Gasteiger charge is -2.24.